The van der Waals surface area contributed by atoms with E-state index in [0.717, 1.165) is 29.2 Å². The van der Waals surface area contributed by atoms with Crippen LogP contribution in [0.3, 0.4) is 0 Å². The van der Waals surface area contributed by atoms with Crippen molar-refractivity contribution in [2.75, 3.05) is 6.73 Å². The Bertz CT molecular complexity index is 759. The highest BCUT2D eigenvalue weighted by molar-refractivity contribution is 5.95. The van der Waals surface area contributed by atoms with Crippen LogP contribution < -0.4 is 0 Å². The summed E-state index contributed by atoms with van der Waals surface area (Å²) in [5.41, 5.74) is 1.89. The van der Waals surface area contributed by atoms with E-state index < -0.39 is 11.7 Å². The van der Waals surface area contributed by atoms with E-state index in [1.807, 2.05) is 47.9 Å². The summed E-state index contributed by atoms with van der Waals surface area (Å²) >= 11 is 0. The molecule has 118 valence electrons. The van der Waals surface area contributed by atoms with Crippen LogP contribution in [0.4, 0.5) is 18.9 Å². The molecule has 3 rings (SSSR count). The molecule has 0 fully saturated rings. The maximum absolute atomic E-state index is 12.6. The molecule has 5 heteroatoms. The van der Waals surface area contributed by atoms with Gasteiger partial charge in [-0.3, -0.25) is 0 Å². The monoisotopic (exact) mass is 318 g/mol. The van der Waals surface area contributed by atoms with Gasteiger partial charge in [0.15, 0.2) is 5.71 Å². The zero-order chi connectivity index (χ0) is 16.4. The summed E-state index contributed by atoms with van der Waals surface area (Å²) in [5, 5.41) is 0. The van der Waals surface area contributed by atoms with Crippen LogP contribution in [0.1, 0.15) is 18.1 Å². The molecule has 0 N–H and O–H groups in total. The first kappa shape index (κ1) is 15.3. The van der Waals surface area contributed by atoms with E-state index in [9.17, 15) is 13.2 Å². The average Bonchev–Trinajstić information content (AvgIpc) is 2.55. The minimum atomic E-state index is -4.32. The Hall–Kier alpha value is -2.56. The fourth-order valence-corrected chi connectivity index (χ4v) is 2.42. The molecule has 23 heavy (non-hydrogen) atoms. The standard InChI is InChI=1S/C18H15F3NO/c1-13-11-17(14-5-3-2-4-6-14)23-12-22(13)16-9-7-15(8-10-16)18(19,20)21/h2-11H,12H2,1H3/q+1. The van der Waals surface area contributed by atoms with Crippen molar-refractivity contribution in [1.29, 1.82) is 0 Å². The molecule has 0 aromatic heterocycles. The van der Waals surface area contributed by atoms with Gasteiger partial charge in [-0.25, -0.2) is 0 Å². The van der Waals surface area contributed by atoms with Crippen molar-refractivity contribution in [2.45, 2.75) is 13.1 Å². The maximum atomic E-state index is 12.6. The smallest absolute Gasteiger partial charge is 0.416 e. The van der Waals surface area contributed by atoms with Gasteiger partial charge in [0, 0.05) is 30.7 Å². The summed E-state index contributed by atoms with van der Waals surface area (Å²) < 4.78 is 45.4. The molecule has 2 nitrogen and oxygen atoms in total. The molecule has 1 aliphatic heterocycles. The van der Waals surface area contributed by atoms with Gasteiger partial charge < -0.3 is 4.74 Å². The Morgan fingerprint density at radius 2 is 1.61 bits per heavy atom. The van der Waals surface area contributed by atoms with Crippen LogP contribution >= 0.6 is 0 Å². The van der Waals surface area contributed by atoms with Crippen molar-refractivity contribution >= 4 is 17.2 Å². The molecule has 0 spiro atoms. The normalized spacial score (nSPS) is 15.2. The summed E-state index contributed by atoms with van der Waals surface area (Å²) in [4.78, 5) is 0. The van der Waals surface area contributed by atoms with Crippen LogP contribution in [-0.4, -0.2) is 17.0 Å². The summed E-state index contributed by atoms with van der Waals surface area (Å²) in [5.74, 6) is 0.756. The van der Waals surface area contributed by atoms with E-state index in [1.54, 1.807) is 0 Å². The number of benzene rings is 2. The van der Waals surface area contributed by atoms with Crippen LogP contribution in [-0.2, 0) is 10.9 Å². The van der Waals surface area contributed by atoms with E-state index in [-0.39, 0.29) is 6.73 Å². The van der Waals surface area contributed by atoms with Gasteiger partial charge in [-0.05, 0) is 12.1 Å². The number of halogens is 3. The molecule has 0 saturated heterocycles. The van der Waals surface area contributed by atoms with E-state index in [1.165, 1.54) is 12.1 Å². The topological polar surface area (TPSA) is 12.2 Å². The quantitative estimate of drug-likeness (QED) is 0.722. The zero-order valence-corrected chi connectivity index (χ0v) is 12.5. The van der Waals surface area contributed by atoms with Crippen molar-refractivity contribution in [1.82, 2.24) is 0 Å². The number of hydrogen-bond donors (Lipinski definition) is 0. The molecule has 0 atom stereocenters. The molecule has 0 saturated carbocycles. The third-order valence-electron chi connectivity index (χ3n) is 3.68. The van der Waals surface area contributed by atoms with Crippen molar-refractivity contribution in [3.05, 3.63) is 71.8 Å². The number of rotatable bonds is 2. The van der Waals surface area contributed by atoms with Gasteiger partial charge >= 0.3 is 6.18 Å². The molecule has 0 aliphatic carbocycles. The lowest BCUT2D eigenvalue weighted by atomic mass is 10.1. The van der Waals surface area contributed by atoms with Crippen molar-refractivity contribution in [3.8, 4) is 0 Å². The minimum Gasteiger partial charge on any atom is -0.435 e. The molecule has 2 aromatic carbocycles. The number of allylic oxidation sites excluding steroid dienone is 1. The largest absolute Gasteiger partial charge is 0.435 e. The second-order valence-electron chi connectivity index (χ2n) is 5.26. The first-order valence-electron chi connectivity index (χ1n) is 7.13. The van der Waals surface area contributed by atoms with Crippen molar-refractivity contribution in [2.24, 2.45) is 0 Å². The minimum absolute atomic E-state index is 0.262. The fraction of sp³-hybridized carbons (Fsp3) is 0.167. The Kier molecular flexibility index (Phi) is 3.94. The molecule has 1 aliphatic rings. The highest BCUT2D eigenvalue weighted by Crippen LogP contribution is 2.31. The average molecular weight is 318 g/mol. The molecule has 1 heterocycles. The number of hydrogen-bond acceptors (Lipinski definition) is 1. The van der Waals surface area contributed by atoms with Crippen LogP contribution in [0, 0.1) is 0 Å². The van der Waals surface area contributed by atoms with E-state index in [2.05, 4.69) is 0 Å². The lowest BCUT2D eigenvalue weighted by Gasteiger charge is -2.15. The van der Waals surface area contributed by atoms with Gasteiger partial charge in [0.05, 0.1) is 5.56 Å². The molecule has 0 unspecified atom stereocenters. The second-order valence-corrected chi connectivity index (χ2v) is 5.26. The summed E-state index contributed by atoms with van der Waals surface area (Å²) in [6.45, 7) is 2.17. The Morgan fingerprint density at radius 3 is 2.17 bits per heavy atom. The van der Waals surface area contributed by atoms with Gasteiger partial charge in [0.2, 0.25) is 5.69 Å². The highest BCUT2D eigenvalue weighted by Gasteiger charge is 2.31. The second kappa shape index (κ2) is 5.91. The van der Waals surface area contributed by atoms with E-state index in [4.69, 9.17) is 4.74 Å². The van der Waals surface area contributed by atoms with Crippen molar-refractivity contribution in [3.63, 3.8) is 0 Å². The molecule has 0 bridgehead atoms. The summed E-state index contributed by atoms with van der Waals surface area (Å²) in [6.07, 6.45) is -2.44. The third kappa shape index (κ3) is 3.28. The van der Waals surface area contributed by atoms with Gasteiger partial charge in [0.25, 0.3) is 6.73 Å². The fourth-order valence-electron chi connectivity index (χ4n) is 2.42. The first-order valence-corrected chi connectivity index (χ1v) is 7.13. The summed E-state index contributed by atoms with van der Waals surface area (Å²) in [6, 6.07) is 14.8. The zero-order valence-electron chi connectivity index (χ0n) is 12.5. The molecular formula is C18H15F3NO+. The third-order valence-corrected chi connectivity index (χ3v) is 3.68. The van der Waals surface area contributed by atoms with E-state index >= 15 is 0 Å². The number of nitrogens with zero attached hydrogens (tertiary/aromatic N) is 1. The Morgan fingerprint density at radius 1 is 0.957 bits per heavy atom. The lowest BCUT2D eigenvalue weighted by Crippen LogP contribution is -2.21. The predicted molar refractivity (Wildman–Crippen MR) is 82.4 cm³/mol. The predicted octanol–water partition coefficient (Wildman–Crippen LogP) is 4.84. The molecule has 0 radical (unpaired) electrons. The van der Waals surface area contributed by atoms with Crippen LogP contribution in [0.2, 0.25) is 0 Å². The number of alkyl halides is 3. The lowest BCUT2D eigenvalue weighted by molar-refractivity contribution is -0.484. The van der Waals surface area contributed by atoms with Gasteiger partial charge in [0.1, 0.15) is 5.76 Å². The van der Waals surface area contributed by atoms with Gasteiger partial charge in [-0.2, -0.15) is 17.7 Å². The van der Waals surface area contributed by atoms with Gasteiger partial charge in [-0.15, -0.1) is 0 Å². The Balaban J connectivity index is 1.91. The van der Waals surface area contributed by atoms with Crippen LogP contribution in [0.15, 0.2) is 60.7 Å². The molecule has 0 amide bonds. The molecule has 2 aromatic rings. The van der Waals surface area contributed by atoms with Crippen LogP contribution in [0.25, 0.3) is 5.76 Å². The Labute approximate surface area is 132 Å². The SMILES string of the molecule is CC1=[N+](c2ccc(C(F)(F)F)cc2)COC(c2ccccc2)=C1. The van der Waals surface area contributed by atoms with Crippen molar-refractivity contribution < 1.29 is 22.5 Å². The maximum Gasteiger partial charge on any atom is 0.416 e. The first-order chi connectivity index (χ1) is 10.9. The molecular weight excluding hydrogens is 303 g/mol. The van der Waals surface area contributed by atoms with Gasteiger partial charge in [-0.1, -0.05) is 30.3 Å². The summed E-state index contributed by atoms with van der Waals surface area (Å²) in [7, 11) is 0. The van der Waals surface area contributed by atoms with E-state index in [0.29, 0.717) is 5.69 Å². The highest BCUT2D eigenvalue weighted by atomic mass is 19.4. The van der Waals surface area contributed by atoms with Crippen LogP contribution in [0.5, 0.6) is 0 Å². The number of ether oxygens (including phenoxy) is 1.